The molecule has 1 aliphatic heterocycles. The molecule has 0 amide bonds. The lowest BCUT2D eigenvalue weighted by Gasteiger charge is -2.31. The number of halogens is 2. The average molecular weight is 516 g/mol. The van der Waals surface area contributed by atoms with Gasteiger partial charge < -0.3 is 14.6 Å². The third-order valence-electron chi connectivity index (χ3n) is 5.39. The van der Waals surface area contributed by atoms with E-state index < -0.39 is 0 Å². The van der Waals surface area contributed by atoms with Gasteiger partial charge in [0.15, 0.2) is 0 Å². The zero-order valence-electron chi connectivity index (χ0n) is 17.8. The summed E-state index contributed by atoms with van der Waals surface area (Å²) in [5.41, 5.74) is 3.55. The van der Waals surface area contributed by atoms with Crippen LogP contribution in [0, 0.1) is 0 Å². The Labute approximate surface area is 201 Å². The molecule has 0 bridgehead atoms. The van der Waals surface area contributed by atoms with E-state index >= 15 is 0 Å². The number of methoxy groups -OCH3 is 1. The number of aliphatic imine (C=N–C) groups is 1. The minimum absolute atomic E-state index is 0.193. The Balaban J connectivity index is 1.78. The van der Waals surface area contributed by atoms with Crippen molar-refractivity contribution in [2.45, 2.75) is 25.6 Å². The zero-order valence-corrected chi connectivity index (χ0v) is 20.2. The summed E-state index contributed by atoms with van der Waals surface area (Å²) in [6.07, 6.45) is 0.218. The summed E-state index contributed by atoms with van der Waals surface area (Å²) < 4.78 is 12.1. The van der Waals surface area contributed by atoms with Crippen molar-refractivity contribution in [3.05, 3.63) is 86.8 Å². The van der Waals surface area contributed by atoms with Crippen LogP contribution in [-0.4, -0.2) is 24.5 Å². The first-order valence-electron chi connectivity index (χ1n) is 10.4. The summed E-state index contributed by atoms with van der Waals surface area (Å²) in [5, 5.41) is 14.7. The van der Waals surface area contributed by atoms with Crippen molar-refractivity contribution in [3.63, 3.8) is 0 Å². The monoisotopic (exact) mass is 514 g/mol. The highest BCUT2D eigenvalue weighted by Crippen LogP contribution is 2.38. The number of benzene rings is 3. The van der Waals surface area contributed by atoms with Gasteiger partial charge >= 0.3 is 0 Å². The molecular weight excluding hydrogens is 492 g/mol. The Morgan fingerprint density at radius 1 is 1.09 bits per heavy atom. The van der Waals surface area contributed by atoms with Crippen LogP contribution in [0.15, 0.2) is 70.1 Å². The van der Waals surface area contributed by atoms with Crippen molar-refractivity contribution < 1.29 is 14.6 Å². The Morgan fingerprint density at radius 3 is 2.59 bits per heavy atom. The van der Waals surface area contributed by atoms with Crippen LogP contribution in [0.3, 0.4) is 0 Å². The van der Waals surface area contributed by atoms with Gasteiger partial charge in [-0.15, -0.1) is 0 Å². The molecule has 1 aliphatic rings. The standard InChI is InChI=1S/C25H24BrClN2O3/c1-3-32-18-8-4-15(5-9-18)21-14-22(19-13-17(27)7-10-23(19)30)29-25(28-21)20-12-16(26)6-11-24(20)31-2/h4-13,22,25,29-30H,3,14H2,1-2H3/t22-,25+/m1/s1. The van der Waals surface area contributed by atoms with Crippen LogP contribution < -0.4 is 14.8 Å². The first-order chi connectivity index (χ1) is 15.5. The average Bonchev–Trinajstić information content (AvgIpc) is 2.81. The molecule has 0 unspecified atom stereocenters. The van der Waals surface area contributed by atoms with E-state index in [-0.39, 0.29) is 18.0 Å². The lowest BCUT2D eigenvalue weighted by molar-refractivity contribution is 0.340. The molecule has 3 aromatic carbocycles. The summed E-state index contributed by atoms with van der Waals surface area (Å²) in [5.74, 6) is 1.75. The Morgan fingerprint density at radius 2 is 1.88 bits per heavy atom. The van der Waals surface area contributed by atoms with Gasteiger partial charge in [-0.1, -0.05) is 27.5 Å². The SMILES string of the molecule is CCOc1ccc(C2=N[C@H](c3cc(Br)ccc3OC)N[C@@H](c3cc(Cl)ccc3O)C2)cc1. The number of nitrogens with one attached hydrogen (secondary N) is 1. The van der Waals surface area contributed by atoms with Crippen LogP contribution in [0.1, 0.15) is 42.2 Å². The molecule has 0 saturated heterocycles. The molecule has 0 spiro atoms. The highest BCUT2D eigenvalue weighted by atomic mass is 79.9. The van der Waals surface area contributed by atoms with Gasteiger partial charge in [-0.3, -0.25) is 10.3 Å². The van der Waals surface area contributed by atoms with Crippen LogP contribution >= 0.6 is 27.5 Å². The number of phenols is 1. The summed E-state index contributed by atoms with van der Waals surface area (Å²) in [6, 6.07) is 18.7. The van der Waals surface area contributed by atoms with Crippen molar-refractivity contribution in [2.75, 3.05) is 13.7 Å². The molecule has 0 saturated carbocycles. The van der Waals surface area contributed by atoms with E-state index in [4.69, 9.17) is 26.1 Å². The lowest BCUT2D eigenvalue weighted by atomic mass is 9.93. The number of phenolic OH excluding ortho intramolecular Hbond substituents is 1. The van der Waals surface area contributed by atoms with Crippen LogP contribution in [0.5, 0.6) is 17.2 Å². The maximum atomic E-state index is 10.6. The summed E-state index contributed by atoms with van der Waals surface area (Å²) >= 11 is 9.80. The normalized spacial score (nSPS) is 18.2. The fourth-order valence-electron chi connectivity index (χ4n) is 3.87. The molecule has 1 heterocycles. The summed E-state index contributed by atoms with van der Waals surface area (Å²) in [7, 11) is 1.65. The van der Waals surface area contributed by atoms with Crippen molar-refractivity contribution in [3.8, 4) is 17.2 Å². The topological polar surface area (TPSA) is 63.1 Å². The second kappa shape index (κ2) is 9.94. The first-order valence-corrected chi connectivity index (χ1v) is 11.5. The van der Waals surface area contributed by atoms with Gasteiger partial charge in [0.1, 0.15) is 23.4 Å². The Bertz CT molecular complexity index is 1130. The minimum Gasteiger partial charge on any atom is -0.508 e. The van der Waals surface area contributed by atoms with Gasteiger partial charge in [0.05, 0.1) is 13.7 Å². The van der Waals surface area contributed by atoms with E-state index in [1.165, 1.54) is 0 Å². The second-order valence-electron chi connectivity index (χ2n) is 7.45. The zero-order chi connectivity index (χ0) is 22.7. The van der Waals surface area contributed by atoms with Crippen LogP contribution in [0.25, 0.3) is 0 Å². The van der Waals surface area contributed by atoms with Gasteiger partial charge in [0.2, 0.25) is 0 Å². The molecule has 3 aromatic rings. The van der Waals surface area contributed by atoms with Crippen molar-refractivity contribution >= 4 is 33.2 Å². The van der Waals surface area contributed by atoms with E-state index in [2.05, 4.69) is 21.2 Å². The number of rotatable bonds is 6. The Kier molecular flexibility index (Phi) is 7.04. The molecule has 32 heavy (non-hydrogen) atoms. The van der Waals surface area contributed by atoms with E-state index in [0.717, 1.165) is 38.4 Å². The quantitative estimate of drug-likeness (QED) is 0.397. The molecule has 5 nitrogen and oxygen atoms in total. The fourth-order valence-corrected chi connectivity index (χ4v) is 4.43. The molecule has 0 fully saturated rings. The third kappa shape index (κ3) is 4.93. The molecule has 166 valence electrons. The van der Waals surface area contributed by atoms with E-state index in [9.17, 15) is 5.11 Å². The van der Waals surface area contributed by atoms with E-state index in [1.807, 2.05) is 49.4 Å². The fraction of sp³-hybridized carbons (Fsp3) is 0.240. The van der Waals surface area contributed by atoms with Crippen LogP contribution in [-0.2, 0) is 0 Å². The highest BCUT2D eigenvalue weighted by Gasteiger charge is 2.29. The van der Waals surface area contributed by atoms with Gasteiger partial charge in [-0.25, -0.2) is 0 Å². The second-order valence-corrected chi connectivity index (χ2v) is 8.80. The third-order valence-corrected chi connectivity index (χ3v) is 6.12. The van der Waals surface area contributed by atoms with Crippen molar-refractivity contribution in [1.82, 2.24) is 5.32 Å². The van der Waals surface area contributed by atoms with Gasteiger partial charge in [-0.05, 0) is 73.2 Å². The number of hydrogen-bond donors (Lipinski definition) is 2. The molecular formula is C25H24BrClN2O3. The molecule has 0 aliphatic carbocycles. The predicted octanol–water partition coefficient (Wildman–Crippen LogP) is 6.44. The lowest BCUT2D eigenvalue weighted by Crippen LogP contribution is -2.33. The molecule has 7 heteroatoms. The number of aromatic hydroxyl groups is 1. The van der Waals surface area contributed by atoms with Gasteiger partial charge in [0, 0.05) is 38.8 Å². The summed E-state index contributed by atoms with van der Waals surface area (Å²) in [6.45, 7) is 2.58. The van der Waals surface area contributed by atoms with Crippen molar-refractivity contribution in [1.29, 1.82) is 0 Å². The van der Waals surface area contributed by atoms with Crippen LogP contribution in [0.4, 0.5) is 0 Å². The van der Waals surface area contributed by atoms with E-state index in [1.54, 1.807) is 25.3 Å². The molecule has 0 aromatic heterocycles. The predicted molar refractivity (Wildman–Crippen MR) is 131 cm³/mol. The largest absolute Gasteiger partial charge is 0.508 e. The van der Waals surface area contributed by atoms with Gasteiger partial charge in [-0.2, -0.15) is 0 Å². The smallest absolute Gasteiger partial charge is 0.130 e. The molecule has 0 radical (unpaired) electrons. The molecule has 4 rings (SSSR count). The minimum atomic E-state index is -0.374. The number of nitrogens with zero attached hydrogens (tertiary/aromatic N) is 1. The van der Waals surface area contributed by atoms with Crippen molar-refractivity contribution in [2.24, 2.45) is 4.99 Å². The molecule has 2 atom stereocenters. The maximum absolute atomic E-state index is 10.6. The summed E-state index contributed by atoms with van der Waals surface area (Å²) in [4.78, 5) is 5.02. The first kappa shape index (κ1) is 22.6. The van der Waals surface area contributed by atoms with Gasteiger partial charge in [0.25, 0.3) is 0 Å². The highest BCUT2D eigenvalue weighted by molar-refractivity contribution is 9.10. The number of ether oxygens (including phenoxy) is 2. The van der Waals surface area contributed by atoms with E-state index in [0.29, 0.717) is 18.1 Å². The Hall–Kier alpha value is -2.54. The molecule has 2 N–H and O–H groups in total. The number of hydrogen-bond acceptors (Lipinski definition) is 5. The van der Waals surface area contributed by atoms with Crippen LogP contribution in [0.2, 0.25) is 5.02 Å². The maximum Gasteiger partial charge on any atom is 0.130 e.